The van der Waals surface area contributed by atoms with Crippen molar-refractivity contribution in [1.82, 2.24) is 0 Å². The lowest BCUT2D eigenvalue weighted by Gasteiger charge is -2.11. The van der Waals surface area contributed by atoms with Crippen molar-refractivity contribution in [3.8, 4) is 22.6 Å². The van der Waals surface area contributed by atoms with E-state index in [1.807, 2.05) is 0 Å². The zero-order valence-corrected chi connectivity index (χ0v) is 10.4. The minimum absolute atomic E-state index is 0.336. The van der Waals surface area contributed by atoms with Crippen LogP contribution in [-0.2, 0) is 0 Å². The van der Waals surface area contributed by atoms with Crippen LogP contribution < -0.4 is 9.47 Å². The SMILES string of the molecule is COc1ccc(F)cc1-c1ccc(OC(F)(F)F)cc1. The fourth-order valence-electron chi connectivity index (χ4n) is 1.74. The van der Waals surface area contributed by atoms with Gasteiger partial charge in [-0.3, -0.25) is 0 Å². The Morgan fingerprint density at radius 1 is 0.950 bits per heavy atom. The van der Waals surface area contributed by atoms with Crippen molar-refractivity contribution < 1.29 is 27.0 Å². The van der Waals surface area contributed by atoms with E-state index >= 15 is 0 Å². The van der Waals surface area contributed by atoms with Gasteiger partial charge in [0.15, 0.2) is 0 Å². The highest BCUT2D eigenvalue weighted by atomic mass is 19.4. The van der Waals surface area contributed by atoms with Crippen LogP contribution in [0, 0.1) is 5.82 Å². The smallest absolute Gasteiger partial charge is 0.496 e. The Balaban J connectivity index is 2.33. The molecule has 0 aromatic heterocycles. The van der Waals surface area contributed by atoms with Gasteiger partial charge in [0.1, 0.15) is 17.3 Å². The van der Waals surface area contributed by atoms with Crippen molar-refractivity contribution >= 4 is 0 Å². The quantitative estimate of drug-likeness (QED) is 0.779. The molecule has 0 bridgehead atoms. The molecule has 6 heteroatoms. The summed E-state index contributed by atoms with van der Waals surface area (Å²) >= 11 is 0. The van der Waals surface area contributed by atoms with Crippen LogP contribution >= 0.6 is 0 Å². The van der Waals surface area contributed by atoms with Gasteiger partial charge in [0.25, 0.3) is 0 Å². The van der Waals surface area contributed by atoms with Gasteiger partial charge in [0.2, 0.25) is 0 Å². The molecule has 2 nitrogen and oxygen atoms in total. The third-order valence-corrected chi connectivity index (χ3v) is 2.56. The second-order valence-corrected chi connectivity index (χ2v) is 3.92. The highest BCUT2D eigenvalue weighted by Crippen LogP contribution is 2.32. The van der Waals surface area contributed by atoms with Gasteiger partial charge in [-0.2, -0.15) is 0 Å². The molecular formula is C14H10F4O2. The summed E-state index contributed by atoms with van der Waals surface area (Å²) in [6, 6.07) is 9.06. The van der Waals surface area contributed by atoms with E-state index in [1.165, 1.54) is 37.4 Å². The first-order valence-corrected chi connectivity index (χ1v) is 5.59. The van der Waals surface area contributed by atoms with Gasteiger partial charge in [-0.05, 0) is 35.9 Å². The standard InChI is InChI=1S/C14H10F4O2/c1-19-13-7-4-10(15)8-12(13)9-2-5-11(6-3-9)20-14(16,17)18/h2-8H,1H3. The lowest BCUT2D eigenvalue weighted by atomic mass is 10.0. The molecule has 0 unspecified atom stereocenters. The van der Waals surface area contributed by atoms with E-state index in [0.29, 0.717) is 16.9 Å². The van der Waals surface area contributed by atoms with E-state index in [4.69, 9.17) is 4.74 Å². The lowest BCUT2D eigenvalue weighted by Crippen LogP contribution is -2.16. The molecule has 0 aliphatic heterocycles. The molecule has 0 radical (unpaired) electrons. The van der Waals surface area contributed by atoms with Crippen molar-refractivity contribution in [2.24, 2.45) is 0 Å². The third-order valence-electron chi connectivity index (χ3n) is 2.56. The first kappa shape index (κ1) is 14.2. The summed E-state index contributed by atoms with van der Waals surface area (Å²) in [7, 11) is 1.43. The molecule has 2 rings (SSSR count). The molecule has 0 atom stereocenters. The Kier molecular flexibility index (Phi) is 3.83. The number of methoxy groups -OCH3 is 1. The second kappa shape index (κ2) is 5.40. The van der Waals surface area contributed by atoms with E-state index in [0.717, 1.165) is 12.1 Å². The molecule has 0 saturated carbocycles. The van der Waals surface area contributed by atoms with Crippen molar-refractivity contribution in [2.75, 3.05) is 7.11 Å². The number of rotatable bonds is 3. The molecule has 20 heavy (non-hydrogen) atoms. The average molecular weight is 286 g/mol. The molecule has 0 spiro atoms. The van der Waals surface area contributed by atoms with Gasteiger partial charge in [-0.25, -0.2) is 4.39 Å². The summed E-state index contributed by atoms with van der Waals surface area (Å²) in [6.07, 6.45) is -4.74. The molecule has 2 aromatic carbocycles. The number of hydrogen-bond donors (Lipinski definition) is 0. The van der Waals surface area contributed by atoms with Gasteiger partial charge >= 0.3 is 6.36 Å². The summed E-state index contributed by atoms with van der Waals surface area (Å²) in [6.45, 7) is 0. The largest absolute Gasteiger partial charge is 0.573 e. The number of hydrogen-bond acceptors (Lipinski definition) is 2. The van der Waals surface area contributed by atoms with Crippen LogP contribution in [0.15, 0.2) is 42.5 Å². The minimum Gasteiger partial charge on any atom is -0.496 e. The monoisotopic (exact) mass is 286 g/mol. The maximum Gasteiger partial charge on any atom is 0.573 e. The molecular weight excluding hydrogens is 276 g/mol. The fourth-order valence-corrected chi connectivity index (χ4v) is 1.74. The molecule has 0 amide bonds. The minimum atomic E-state index is -4.74. The topological polar surface area (TPSA) is 18.5 Å². The number of benzene rings is 2. The normalized spacial score (nSPS) is 11.2. The van der Waals surface area contributed by atoms with E-state index in [2.05, 4.69) is 4.74 Å². The molecule has 0 saturated heterocycles. The zero-order valence-electron chi connectivity index (χ0n) is 10.4. The van der Waals surface area contributed by atoms with Crippen molar-refractivity contribution in [1.29, 1.82) is 0 Å². The zero-order chi connectivity index (χ0) is 14.8. The van der Waals surface area contributed by atoms with Crippen LogP contribution in [0.3, 0.4) is 0 Å². The first-order chi connectivity index (χ1) is 9.39. The molecule has 106 valence electrons. The lowest BCUT2D eigenvalue weighted by molar-refractivity contribution is -0.274. The van der Waals surface area contributed by atoms with Gasteiger partial charge in [-0.1, -0.05) is 12.1 Å². The molecule has 0 aliphatic rings. The average Bonchev–Trinajstić information content (AvgIpc) is 2.38. The van der Waals surface area contributed by atoms with Gasteiger partial charge in [-0.15, -0.1) is 13.2 Å². The molecule has 0 fully saturated rings. The second-order valence-electron chi connectivity index (χ2n) is 3.92. The highest BCUT2D eigenvalue weighted by molar-refractivity contribution is 5.70. The van der Waals surface area contributed by atoms with Crippen molar-refractivity contribution in [3.63, 3.8) is 0 Å². The van der Waals surface area contributed by atoms with Crippen molar-refractivity contribution in [3.05, 3.63) is 48.3 Å². The predicted molar refractivity (Wildman–Crippen MR) is 65.1 cm³/mol. The summed E-state index contributed by atoms with van der Waals surface area (Å²) in [5, 5.41) is 0. The van der Waals surface area contributed by atoms with E-state index < -0.39 is 12.2 Å². The van der Waals surface area contributed by atoms with Gasteiger partial charge in [0.05, 0.1) is 7.11 Å². The molecule has 0 aliphatic carbocycles. The third kappa shape index (κ3) is 3.40. The number of alkyl halides is 3. The Labute approximate surface area is 112 Å². The Hall–Kier alpha value is -2.24. The van der Waals surface area contributed by atoms with Gasteiger partial charge < -0.3 is 9.47 Å². The Morgan fingerprint density at radius 2 is 1.60 bits per heavy atom. The Morgan fingerprint density at radius 3 is 2.15 bits per heavy atom. The summed E-state index contributed by atoms with van der Waals surface area (Å²) in [5.74, 6) is -0.371. The van der Waals surface area contributed by atoms with Gasteiger partial charge in [0, 0.05) is 5.56 Å². The van der Waals surface area contributed by atoms with Crippen LogP contribution in [0.2, 0.25) is 0 Å². The highest BCUT2D eigenvalue weighted by Gasteiger charge is 2.30. The summed E-state index contributed by atoms with van der Waals surface area (Å²) in [4.78, 5) is 0. The van der Waals surface area contributed by atoms with Crippen LogP contribution in [-0.4, -0.2) is 13.5 Å². The van der Waals surface area contributed by atoms with E-state index in [-0.39, 0.29) is 5.75 Å². The van der Waals surface area contributed by atoms with Crippen LogP contribution in [0.25, 0.3) is 11.1 Å². The Bertz CT molecular complexity index is 591. The van der Waals surface area contributed by atoms with E-state index in [1.54, 1.807) is 0 Å². The molecule has 0 heterocycles. The summed E-state index contributed by atoms with van der Waals surface area (Å²) in [5.41, 5.74) is 0.974. The maximum atomic E-state index is 13.2. The molecule has 2 aromatic rings. The molecule has 0 N–H and O–H groups in total. The van der Waals surface area contributed by atoms with Crippen LogP contribution in [0.5, 0.6) is 11.5 Å². The summed E-state index contributed by atoms with van der Waals surface area (Å²) < 4.78 is 58.2. The maximum absolute atomic E-state index is 13.2. The predicted octanol–water partition coefficient (Wildman–Crippen LogP) is 4.40. The number of halogens is 4. The van der Waals surface area contributed by atoms with Crippen LogP contribution in [0.1, 0.15) is 0 Å². The van der Waals surface area contributed by atoms with Crippen LogP contribution in [0.4, 0.5) is 17.6 Å². The fraction of sp³-hybridized carbons (Fsp3) is 0.143. The van der Waals surface area contributed by atoms with E-state index in [9.17, 15) is 17.6 Å². The first-order valence-electron chi connectivity index (χ1n) is 5.59. The van der Waals surface area contributed by atoms with Crippen molar-refractivity contribution in [2.45, 2.75) is 6.36 Å². The number of ether oxygens (including phenoxy) is 2.